The largest absolute Gasteiger partial charge is 0.498 e. The minimum atomic E-state index is -0.390. The first kappa shape index (κ1) is 45.3. The zero-order valence-corrected chi connectivity index (χ0v) is 36.1. The minimum absolute atomic E-state index is 0.0947. The molecule has 2 unspecified atom stereocenters. The highest BCUT2D eigenvalue weighted by Gasteiger charge is 2.52. The first-order valence-electron chi connectivity index (χ1n) is 18.8. The summed E-state index contributed by atoms with van der Waals surface area (Å²) in [5.74, 6) is 12.7. The molecule has 4 aromatic heterocycles. The van der Waals surface area contributed by atoms with Crippen LogP contribution in [-0.2, 0) is 41.3 Å². The number of hydrogen-bond donors (Lipinski definition) is 2. The molecule has 0 aliphatic carbocycles. The maximum Gasteiger partial charge on any atom is 0.498 e. The molecule has 20 heteroatoms. The summed E-state index contributed by atoms with van der Waals surface area (Å²) in [6, 6.07) is 3.25. The SMILES string of the molecule is CC1(C)OB(c2cnn(CC#CCOC3CCCCO3)c2)OC1(C)C.Nc1nnc(Cl)cc1-c1cnn(CC#CCOC2CCCCO2)c1.Nc1nnc(Cl)cc1Br. The molecule has 0 spiro atoms. The molecule has 310 valence electrons. The second kappa shape index (κ2) is 22.0. The molecule has 7 heterocycles. The van der Waals surface area contributed by atoms with Gasteiger partial charge in [-0.05, 0) is 94.3 Å². The Morgan fingerprint density at radius 2 is 1.29 bits per heavy atom. The standard InChI is InChI=1S/C18H27BN2O4.C16H18ClN5O2.C4H3BrClN3/c1-17(2)18(3,4)25-19(24-17)15-13-20-21(14-15)10-6-8-12-23-16-9-5-7-11-22-16;17-14-9-13(16(18)21-20-14)12-10-19-22(11-12)6-2-4-8-24-15-5-1-3-7-23-15;5-2-1-3(6)8-9-4(2)7/h13-14,16H,5,7,9-12H2,1-4H3;9-11,15H,1,3,5-8H2,(H2,18,21);1H,(H2,7,9). The normalized spacial score (nSPS) is 19.3. The lowest BCUT2D eigenvalue weighted by Gasteiger charge is -2.32. The summed E-state index contributed by atoms with van der Waals surface area (Å²) in [5, 5.41) is 23.7. The minimum Gasteiger partial charge on any atom is -0.399 e. The van der Waals surface area contributed by atoms with Crippen molar-refractivity contribution in [2.45, 2.75) is 103 Å². The summed E-state index contributed by atoms with van der Waals surface area (Å²) >= 11 is 14.4. The molecule has 3 aliphatic rings. The maximum absolute atomic E-state index is 6.03. The summed E-state index contributed by atoms with van der Waals surface area (Å²) in [7, 11) is -0.390. The van der Waals surface area contributed by atoms with E-state index in [0.29, 0.717) is 53.1 Å². The van der Waals surface area contributed by atoms with Gasteiger partial charge in [0, 0.05) is 48.4 Å². The molecule has 0 bridgehead atoms. The quantitative estimate of drug-likeness (QED) is 0.170. The fourth-order valence-corrected chi connectivity index (χ4v) is 6.17. The van der Waals surface area contributed by atoms with Crippen molar-refractivity contribution >= 4 is 63.3 Å². The molecular formula is C38H48BBrCl2N10O6. The van der Waals surface area contributed by atoms with Crippen LogP contribution >= 0.6 is 39.1 Å². The molecule has 16 nitrogen and oxygen atoms in total. The molecule has 0 radical (unpaired) electrons. The van der Waals surface area contributed by atoms with Gasteiger partial charge in [-0.3, -0.25) is 9.36 Å². The molecule has 0 amide bonds. The Kier molecular flexibility index (Phi) is 17.2. The van der Waals surface area contributed by atoms with Crippen molar-refractivity contribution in [1.82, 2.24) is 40.0 Å². The number of rotatable bonds is 8. The Morgan fingerprint density at radius 1 is 0.759 bits per heavy atom. The van der Waals surface area contributed by atoms with E-state index in [9.17, 15) is 0 Å². The molecule has 58 heavy (non-hydrogen) atoms. The summed E-state index contributed by atoms with van der Waals surface area (Å²) < 4.78 is 38.3. The molecule has 4 N–H and O–H groups in total. The predicted octanol–water partition coefficient (Wildman–Crippen LogP) is 5.33. The van der Waals surface area contributed by atoms with Crippen molar-refractivity contribution < 1.29 is 28.3 Å². The van der Waals surface area contributed by atoms with E-state index < -0.39 is 7.12 Å². The number of halogens is 3. The lowest BCUT2D eigenvalue weighted by Crippen LogP contribution is -2.41. The van der Waals surface area contributed by atoms with Crippen LogP contribution in [0.15, 0.2) is 41.4 Å². The lowest BCUT2D eigenvalue weighted by molar-refractivity contribution is -0.154. The van der Waals surface area contributed by atoms with Crippen molar-refractivity contribution in [3.63, 3.8) is 0 Å². The molecule has 3 saturated heterocycles. The first-order valence-corrected chi connectivity index (χ1v) is 20.4. The third-order valence-electron chi connectivity index (χ3n) is 9.35. The van der Waals surface area contributed by atoms with Crippen LogP contribution in [0.5, 0.6) is 0 Å². The van der Waals surface area contributed by atoms with Gasteiger partial charge in [0.1, 0.15) is 26.3 Å². The second-order valence-electron chi connectivity index (χ2n) is 14.3. The molecule has 3 fully saturated rings. The monoisotopic (exact) mass is 900 g/mol. The van der Waals surface area contributed by atoms with E-state index in [4.69, 9.17) is 62.9 Å². The number of nitrogen functional groups attached to an aromatic ring is 2. The van der Waals surface area contributed by atoms with Gasteiger partial charge < -0.3 is 39.7 Å². The Labute approximate surface area is 357 Å². The summed E-state index contributed by atoms with van der Waals surface area (Å²) in [6.45, 7) is 11.4. The average molecular weight is 902 g/mol. The number of anilines is 2. The van der Waals surface area contributed by atoms with Gasteiger partial charge in [-0.1, -0.05) is 46.9 Å². The van der Waals surface area contributed by atoms with Gasteiger partial charge in [0.05, 0.1) is 21.9 Å². The van der Waals surface area contributed by atoms with E-state index in [0.717, 1.165) is 62.8 Å². The lowest BCUT2D eigenvalue weighted by atomic mass is 9.82. The predicted molar refractivity (Wildman–Crippen MR) is 224 cm³/mol. The first-order chi connectivity index (χ1) is 27.8. The van der Waals surface area contributed by atoms with Crippen LogP contribution < -0.4 is 16.9 Å². The summed E-state index contributed by atoms with van der Waals surface area (Å²) in [4.78, 5) is 0. The van der Waals surface area contributed by atoms with Crippen LogP contribution in [0.2, 0.25) is 10.3 Å². The third kappa shape index (κ3) is 13.9. The van der Waals surface area contributed by atoms with Crippen LogP contribution in [-0.4, -0.2) is 97.3 Å². The molecule has 3 aliphatic heterocycles. The van der Waals surface area contributed by atoms with Crippen molar-refractivity contribution in [2.24, 2.45) is 0 Å². The van der Waals surface area contributed by atoms with E-state index in [1.807, 2.05) is 40.1 Å². The van der Waals surface area contributed by atoms with Gasteiger partial charge in [-0.2, -0.15) is 10.2 Å². The van der Waals surface area contributed by atoms with E-state index in [2.05, 4.69) is 70.2 Å². The maximum atomic E-state index is 6.03. The number of hydrogen-bond acceptors (Lipinski definition) is 14. The Hall–Kier alpha value is -3.82. The number of ether oxygens (including phenoxy) is 4. The Balaban J connectivity index is 0.000000183. The molecular weight excluding hydrogens is 854 g/mol. The highest BCUT2D eigenvalue weighted by Crippen LogP contribution is 2.36. The molecule has 2 atom stereocenters. The highest BCUT2D eigenvalue weighted by molar-refractivity contribution is 9.10. The average Bonchev–Trinajstić information content (AvgIpc) is 3.93. The van der Waals surface area contributed by atoms with E-state index in [-0.39, 0.29) is 28.9 Å². The van der Waals surface area contributed by atoms with Crippen LogP contribution in [0.1, 0.15) is 66.2 Å². The molecule has 4 aromatic rings. The molecule has 7 rings (SSSR count). The fourth-order valence-electron chi connectivity index (χ4n) is 5.45. The van der Waals surface area contributed by atoms with Gasteiger partial charge >= 0.3 is 7.12 Å². The number of aromatic nitrogens is 8. The number of nitrogens with two attached hydrogens (primary N) is 2. The van der Waals surface area contributed by atoms with Gasteiger partial charge in [0.2, 0.25) is 0 Å². The third-order valence-corrected chi connectivity index (χ3v) is 10.4. The zero-order valence-electron chi connectivity index (χ0n) is 33.0. The van der Waals surface area contributed by atoms with E-state index in [1.54, 1.807) is 33.9 Å². The van der Waals surface area contributed by atoms with Crippen molar-refractivity contribution in [3.05, 3.63) is 51.7 Å². The topological polar surface area (TPSA) is 195 Å². The fraction of sp³-hybridized carbons (Fsp3) is 0.526. The van der Waals surface area contributed by atoms with Gasteiger partial charge in [-0.25, -0.2) is 0 Å². The zero-order chi connectivity index (χ0) is 41.5. The van der Waals surface area contributed by atoms with Crippen LogP contribution in [0.3, 0.4) is 0 Å². The Bertz CT molecular complexity index is 2040. The second-order valence-corrected chi connectivity index (χ2v) is 15.9. The van der Waals surface area contributed by atoms with Crippen LogP contribution in [0.4, 0.5) is 11.6 Å². The van der Waals surface area contributed by atoms with Crippen molar-refractivity contribution in [1.29, 1.82) is 0 Å². The highest BCUT2D eigenvalue weighted by atomic mass is 79.9. The number of nitrogens with zero attached hydrogens (tertiary/aromatic N) is 8. The van der Waals surface area contributed by atoms with Crippen LogP contribution in [0, 0.1) is 23.7 Å². The van der Waals surface area contributed by atoms with Crippen LogP contribution in [0.25, 0.3) is 11.1 Å². The molecule has 0 aromatic carbocycles. The molecule has 0 saturated carbocycles. The summed E-state index contributed by atoms with van der Waals surface area (Å²) in [6.07, 6.45) is 13.4. The van der Waals surface area contributed by atoms with E-state index in [1.165, 1.54) is 0 Å². The van der Waals surface area contributed by atoms with Gasteiger partial charge in [-0.15, -0.1) is 20.4 Å². The van der Waals surface area contributed by atoms with Crippen molar-refractivity contribution in [3.8, 4) is 34.8 Å². The Morgan fingerprint density at radius 3 is 1.83 bits per heavy atom. The van der Waals surface area contributed by atoms with Gasteiger partial charge in [0.15, 0.2) is 34.5 Å². The summed E-state index contributed by atoms with van der Waals surface area (Å²) in [5.41, 5.74) is 12.9. The van der Waals surface area contributed by atoms with Gasteiger partial charge in [0.25, 0.3) is 0 Å². The van der Waals surface area contributed by atoms with Crippen molar-refractivity contribution in [2.75, 3.05) is 37.9 Å². The van der Waals surface area contributed by atoms with E-state index >= 15 is 0 Å². The smallest absolute Gasteiger partial charge is 0.399 e.